The Labute approximate surface area is 83.9 Å². The molecule has 1 N–H and O–H groups in total. The van der Waals surface area contributed by atoms with Crippen molar-refractivity contribution in [3.63, 3.8) is 0 Å². The fraction of sp³-hybridized carbons (Fsp3) is 0. The number of hydrogen-bond acceptors (Lipinski definition) is 5. The minimum atomic E-state index is 0.179. The summed E-state index contributed by atoms with van der Waals surface area (Å²) in [6, 6.07) is 1.88. The Morgan fingerprint density at radius 1 is 1.31 bits per heavy atom. The number of thiocarbonyl (C=S) groups is 2. The van der Waals surface area contributed by atoms with E-state index in [1.54, 1.807) is 0 Å². The zero-order valence-electron chi connectivity index (χ0n) is 6.11. The van der Waals surface area contributed by atoms with Gasteiger partial charge in [-0.15, -0.1) is 10.2 Å². The van der Waals surface area contributed by atoms with Gasteiger partial charge in [-0.1, -0.05) is 12.2 Å². The van der Waals surface area contributed by atoms with Crippen molar-refractivity contribution >= 4 is 40.4 Å². The Kier molecular flexibility index (Phi) is 1.72. The van der Waals surface area contributed by atoms with Gasteiger partial charge in [0.15, 0.2) is 16.6 Å². The van der Waals surface area contributed by atoms with Crippen molar-refractivity contribution in [2.75, 3.05) is 0 Å². The van der Waals surface area contributed by atoms with Crippen molar-refractivity contribution in [2.45, 2.75) is 0 Å². The maximum absolute atomic E-state index is 8.65. The van der Waals surface area contributed by atoms with Crippen LogP contribution in [0.3, 0.4) is 0 Å². The predicted molar refractivity (Wildman–Crippen MR) is 53.3 cm³/mol. The number of amidine groups is 1. The number of aliphatic imine (C=N–C) groups is 1. The summed E-state index contributed by atoms with van der Waals surface area (Å²) in [7, 11) is 0. The van der Waals surface area contributed by atoms with Gasteiger partial charge >= 0.3 is 0 Å². The van der Waals surface area contributed by atoms with Gasteiger partial charge in [0, 0.05) is 0 Å². The summed E-state index contributed by atoms with van der Waals surface area (Å²) in [4.78, 5) is 4.23. The van der Waals surface area contributed by atoms with E-state index in [1.807, 2.05) is 6.07 Å². The number of hydrogen-bond donors (Lipinski definition) is 1. The first-order valence-corrected chi connectivity index (χ1v) is 4.04. The van der Waals surface area contributed by atoms with Crippen LogP contribution < -0.4 is 5.32 Å². The third kappa shape index (κ3) is 1.16. The van der Waals surface area contributed by atoms with Crippen LogP contribution in [-0.2, 0) is 0 Å². The highest BCUT2D eigenvalue weighted by Gasteiger charge is 2.27. The van der Waals surface area contributed by atoms with E-state index in [1.165, 1.54) is 0 Å². The lowest BCUT2D eigenvalue weighted by Gasteiger charge is -2.11. The van der Waals surface area contributed by atoms with E-state index in [0.29, 0.717) is 16.4 Å². The maximum atomic E-state index is 8.65. The minimum Gasteiger partial charge on any atom is -0.321 e. The van der Waals surface area contributed by atoms with Gasteiger partial charge in [-0.25, -0.2) is 0 Å². The van der Waals surface area contributed by atoms with Crippen LogP contribution in [0.25, 0.3) is 0 Å². The average Bonchev–Trinajstić information content (AvgIpc) is 2.47. The van der Waals surface area contributed by atoms with Crippen LogP contribution in [0.1, 0.15) is 0 Å². The number of nitriles is 1. The summed E-state index contributed by atoms with van der Waals surface area (Å²) >= 11 is 9.74. The van der Waals surface area contributed by atoms with Crippen molar-refractivity contribution in [2.24, 2.45) is 15.2 Å². The molecule has 0 aliphatic carbocycles. The Bertz CT molecular complexity index is 450. The molecule has 0 fully saturated rings. The highest BCUT2D eigenvalue weighted by atomic mass is 32.1. The van der Waals surface area contributed by atoms with Gasteiger partial charge in [0.1, 0.15) is 11.1 Å². The largest absolute Gasteiger partial charge is 0.321 e. The molecule has 0 amide bonds. The van der Waals surface area contributed by atoms with Crippen molar-refractivity contribution < 1.29 is 0 Å². The molecule has 0 aromatic carbocycles. The molecule has 0 spiro atoms. The molecular formula is C6HN5S2. The highest BCUT2D eigenvalue weighted by molar-refractivity contribution is 7.82. The maximum Gasteiger partial charge on any atom is 0.200 e. The summed E-state index contributed by atoms with van der Waals surface area (Å²) in [6.45, 7) is 0. The SMILES string of the molecule is N#CC1=C2C(=S)NC(=S)N=C2N=N1. The molecule has 13 heavy (non-hydrogen) atoms. The molecule has 5 nitrogen and oxygen atoms in total. The second-order valence-electron chi connectivity index (χ2n) is 2.23. The highest BCUT2D eigenvalue weighted by Crippen LogP contribution is 2.20. The Morgan fingerprint density at radius 2 is 2.08 bits per heavy atom. The summed E-state index contributed by atoms with van der Waals surface area (Å²) in [6.07, 6.45) is 0. The van der Waals surface area contributed by atoms with Crippen molar-refractivity contribution in [3.05, 3.63) is 11.3 Å². The third-order valence-electron chi connectivity index (χ3n) is 1.47. The van der Waals surface area contributed by atoms with Crippen LogP contribution in [0.4, 0.5) is 0 Å². The molecule has 7 heteroatoms. The van der Waals surface area contributed by atoms with Gasteiger partial charge < -0.3 is 5.32 Å². The molecule has 0 aromatic heterocycles. The van der Waals surface area contributed by atoms with E-state index >= 15 is 0 Å². The monoisotopic (exact) mass is 207 g/mol. The van der Waals surface area contributed by atoms with E-state index in [2.05, 4.69) is 20.5 Å². The van der Waals surface area contributed by atoms with Crippen LogP contribution in [-0.4, -0.2) is 15.9 Å². The molecule has 2 aliphatic rings. The number of nitrogens with zero attached hydrogens (tertiary/aromatic N) is 4. The van der Waals surface area contributed by atoms with E-state index in [4.69, 9.17) is 29.7 Å². The predicted octanol–water partition coefficient (Wildman–Crippen LogP) is 0.844. The van der Waals surface area contributed by atoms with Crippen LogP contribution >= 0.6 is 24.4 Å². The van der Waals surface area contributed by atoms with Crippen LogP contribution in [0.15, 0.2) is 26.5 Å². The first-order valence-electron chi connectivity index (χ1n) is 3.23. The molecule has 2 rings (SSSR count). The average molecular weight is 207 g/mol. The molecule has 0 bridgehead atoms. The summed E-state index contributed by atoms with van der Waals surface area (Å²) < 4.78 is 0. The van der Waals surface area contributed by atoms with Gasteiger partial charge in [0.05, 0.1) is 5.57 Å². The lowest BCUT2D eigenvalue weighted by Crippen LogP contribution is -2.34. The van der Waals surface area contributed by atoms with Crippen molar-refractivity contribution in [1.29, 1.82) is 5.26 Å². The normalized spacial score (nSPS) is 19.5. The van der Waals surface area contributed by atoms with E-state index in [-0.39, 0.29) is 10.8 Å². The second kappa shape index (κ2) is 2.76. The fourth-order valence-corrected chi connectivity index (χ4v) is 1.49. The molecule has 0 saturated heterocycles. The standard InChI is InChI=1S/C6HN5S2/c7-1-2-3-4(11-10-2)8-6(13)9-5(3)12/h(H,9,12,13). The summed E-state index contributed by atoms with van der Waals surface area (Å²) in [5.74, 6) is 0.324. The van der Waals surface area contributed by atoms with Gasteiger partial charge in [0.25, 0.3) is 0 Å². The summed E-state index contributed by atoms with van der Waals surface area (Å²) in [5, 5.41) is 18.8. The van der Waals surface area contributed by atoms with E-state index in [0.717, 1.165) is 0 Å². The number of azo groups is 1. The topological polar surface area (TPSA) is 72.9 Å². The molecule has 0 atom stereocenters. The number of fused-ring (bicyclic) bond motifs is 1. The zero-order chi connectivity index (χ0) is 9.42. The fourth-order valence-electron chi connectivity index (χ4n) is 0.953. The molecule has 0 aromatic rings. The van der Waals surface area contributed by atoms with Crippen molar-refractivity contribution in [1.82, 2.24) is 5.32 Å². The van der Waals surface area contributed by atoms with Crippen LogP contribution in [0.5, 0.6) is 0 Å². The zero-order valence-corrected chi connectivity index (χ0v) is 7.74. The molecular weight excluding hydrogens is 206 g/mol. The smallest absolute Gasteiger partial charge is 0.200 e. The Morgan fingerprint density at radius 3 is 2.77 bits per heavy atom. The Hall–Kier alpha value is -1.52. The Balaban J connectivity index is 2.62. The lowest BCUT2D eigenvalue weighted by atomic mass is 10.2. The van der Waals surface area contributed by atoms with Gasteiger partial charge in [-0.3, -0.25) is 0 Å². The first kappa shape index (κ1) is 8.10. The van der Waals surface area contributed by atoms with Gasteiger partial charge in [-0.2, -0.15) is 10.3 Å². The third-order valence-corrected chi connectivity index (χ3v) is 1.97. The quantitative estimate of drug-likeness (QED) is 0.597. The molecule has 0 radical (unpaired) electrons. The molecule has 62 valence electrons. The minimum absolute atomic E-state index is 0.179. The molecule has 0 unspecified atom stereocenters. The molecule has 2 heterocycles. The van der Waals surface area contributed by atoms with Crippen LogP contribution in [0.2, 0.25) is 0 Å². The molecule has 2 aliphatic heterocycles. The number of nitrogens with one attached hydrogen (secondary N) is 1. The molecule has 0 saturated carbocycles. The first-order chi connectivity index (χ1) is 6.22. The van der Waals surface area contributed by atoms with Gasteiger partial charge in [-0.05, 0) is 12.2 Å². The number of allylic oxidation sites excluding steroid dienone is 1. The van der Waals surface area contributed by atoms with E-state index in [9.17, 15) is 0 Å². The van der Waals surface area contributed by atoms with Crippen LogP contribution in [0, 0.1) is 11.3 Å². The van der Waals surface area contributed by atoms with Gasteiger partial charge in [0.2, 0.25) is 0 Å². The van der Waals surface area contributed by atoms with E-state index < -0.39 is 0 Å². The number of rotatable bonds is 0. The van der Waals surface area contributed by atoms with Crippen molar-refractivity contribution in [3.8, 4) is 6.07 Å². The lowest BCUT2D eigenvalue weighted by molar-refractivity contribution is 1.25. The second-order valence-corrected chi connectivity index (χ2v) is 3.03. The summed E-state index contributed by atoms with van der Waals surface area (Å²) in [5.41, 5.74) is 0.643.